The highest BCUT2D eigenvalue weighted by molar-refractivity contribution is 5.87. The molecule has 3 nitrogen and oxygen atoms in total. The Balaban J connectivity index is 4.14. The standard InChI is InChI=1S/C12H22O3/c1-5-6-11(4)15-12(14)10(3)7-9(2)8-13/h7,9,11,13H,5-6,8H2,1-4H3/b10-7+. The van der Waals surface area contributed by atoms with E-state index in [9.17, 15) is 4.79 Å². The Morgan fingerprint density at radius 2 is 2.07 bits per heavy atom. The van der Waals surface area contributed by atoms with E-state index in [0.29, 0.717) is 5.57 Å². The molecule has 0 aliphatic carbocycles. The summed E-state index contributed by atoms with van der Waals surface area (Å²) in [4.78, 5) is 11.5. The van der Waals surface area contributed by atoms with E-state index in [1.165, 1.54) is 0 Å². The minimum absolute atomic E-state index is 0.000897. The van der Waals surface area contributed by atoms with Crippen LogP contribution in [0.2, 0.25) is 0 Å². The number of rotatable bonds is 6. The summed E-state index contributed by atoms with van der Waals surface area (Å²) in [7, 11) is 0. The molecule has 1 N–H and O–H groups in total. The zero-order valence-electron chi connectivity index (χ0n) is 10.1. The molecule has 0 bridgehead atoms. The van der Waals surface area contributed by atoms with Crippen molar-refractivity contribution in [2.45, 2.75) is 46.6 Å². The SMILES string of the molecule is CCCC(C)OC(=O)/C(C)=C/C(C)CO. The lowest BCUT2D eigenvalue weighted by Crippen LogP contribution is -2.16. The summed E-state index contributed by atoms with van der Waals surface area (Å²) in [6.07, 6.45) is 3.59. The molecule has 0 amide bonds. The predicted octanol–water partition coefficient (Wildman–Crippen LogP) is 2.29. The maximum Gasteiger partial charge on any atom is 0.333 e. The molecule has 0 rings (SSSR count). The van der Waals surface area contributed by atoms with Gasteiger partial charge in [-0.05, 0) is 26.2 Å². The molecule has 0 heterocycles. The molecular formula is C12H22O3. The van der Waals surface area contributed by atoms with Crippen molar-refractivity contribution in [3.05, 3.63) is 11.6 Å². The molecule has 2 unspecified atom stereocenters. The average molecular weight is 214 g/mol. The van der Waals surface area contributed by atoms with Gasteiger partial charge in [-0.15, -0.1) is 0 Å². The van der Waals surface area contributed by atoms with Crippen LogP contribution in [0.5, 0.6) is 0 Å². The first kappa shape index (κ1) is 14.2. The monoisotopic (exact) mass is 214 g/mol. The van der Waals surface area contributed by atoms with Crippen molar-refractivity contribution in [3.8, 4) is 0 Å². The maximum atomic E-state index is 11.5. The number of aliphatic hydroxyl groups is 1. The highest BCUT2D eigenvalue weighted by Crippen LogP contribution is 2.08. The predicted molar refractivity (Wildman–Crippen MR) is 60.5 cm³/mol. The van der Waals surface area contributed by atoms with Gasteiger partial charge in [-0.3, -0.25) is 0 Å². The Morgan fingerprint density at radius 3 is 2.53 bits per heavy atom. The molecule has 0 aromatic carbocycles. The van der Waals surface area contributed by atoms with Crippen LogP contribution in [0.15, 0.2) is 11.6 Å². The van der Waals surface area contributed by atoms with Crippen LogP contribution in [0.25, 0.3) is 0 Å². The summed E-state index contributed by atoms with van der Waals surface area (Å²) in [6.45, 7) is 7.57. The van der Waals surface area contributed by atoms with Crippen molar-refractivity contribution >= 4 is 5.97 Å². The Bertz CT molecular complexity index is 221. The molecule has 2 atom stereocenters. The minimum atomic E-state index is -0.281. The Labute approximate surface area is 92.1 Å². The van der Waals surface area contributed by atoms with E-state index in [1.54, 1.807) is 13.0 Å². The second-order valence-corrected chi connectivity index (χ2v) is 4.01. The molecule has 0 saturated carbocycles. The van der Waals surface area contributed by atoms with Gasteiger partial charge < -0.3 is 9.84 Å². The summed E-state index contributed by atoms with van der Waals surface area (Å²) in [5.74, 6) is -0.282. The van der Waals surface area contributed by atoms with Crippen molar-refractivity contribution in [1.82, 2.24) is 0 Å². The fraction of sp³-hybridized carbons (Fsp3) is 0.750. The zero-order chi connectivity index (χ0) is 11.8. The van der Waals surface area contributed by atoms with Gasteiger partial charge >= 0.3 is 5.97 Å². The molecule has 0 radical (unpaired) electrons. The zero-order valence-corrected chi connectivity index (χ0v) is 10.1. The van der Waals surface area contributed by atoms with E-state index in [4.69, 9.17) is 9.84 Å². The van der Waals surface area contributed by atoms with Crippen LogP contribution in [0.1, 0.15) is 40.5 Å². The van der Waals surface area contributed by atoms with Crippen molar-refractivity contribution < 1.29 is 14.6 Å². The summed E-state index contributed by atoms with van der Waals surface area (Å²) in [5, 5.41) is 8.83. The highest BCUT2D eigenvalue weighted by atomic mass is 16.5. The smallest absolute Gasteiger partial charge is 0.333 e. The van der Waals surface area contributed by atoms with Gasteiger partial charge in [0.1, 0.15) is 0 Å². The third-order valence-electron chi connectivity index (χ3n) is 2.15. The van der Waals surface area contributed by atoms with Crippen molar-refractivity contribution in [2.24, 2.45) is 5.92 Å². The summed E-state index contributed by atoms with van der Waals surface area (Å²) < 4.78 is 5.21. The van der Waals surface area contributed by atoms with Gasteiger partial charge in [0.05, 0.1) is 6.10 Å². The third-order valence-corrected chi connectivity index (χ3v) is 2.15. The van der Waals surface area contributed by atoms with Gasteiger partial charge in [0, 0.05) is 12.2 Å². The fourth-order valence-corrected chi connectivity index (χ4v) is 1.29. The molecule has 3 heteroatoms. The van der Waals surface area contributed by atoms with Gasteiger partial charge in [-0.2, -0.15) is 0 Å². The van der Waals surface area contributed by atoms with E-state index >= 15 is 0 Å². The molecule has 0 aliphatic rings. The van der Waals surface area contributed by atoms with Crippen LogP contribution < -0.4 is 0 Å². The third kappa shape index (κ3) is 6.28. The first-order chi connectivity index (χ1) is 7.01. The molecular weight excluding hydrogens is 192 g/mol. The van der Waals surface area contributed by atoms with Crippen LogP contribution in [0.3, 0.4) is 0 Å². The summed E-state index contributed by atoms with van der Waals surface area (Å²) in [6, 6.07) is 0. The van der Waals surface area contributed by atoms with Crippen molar-refractivity contribution in [3.63, 3.8) is 0 Å². The minimum Gasteiger partial charge on any atom is -0.459 e. The number of hydrogen-bond donors (Lipinski definition) is 1. The second kappa shape index (κ2) is 7.46. The van der Waals surface area contributed by atoms with Gasteiger partial charge in [0.15, 0.2) is 0 Å². The first-order valence-electron chi connectivity index (χ1n) is 5.51. The van der Waals surface area contributed by atoms with E-state index < -0.39 is 0 Å². The highest BCUT2D eigenvalue weighted by Gasteiger charge is 2.11. The van der Waals surface area contributed by atoms with E-state index in [2.05, 4.69) is 6.92 Å². The van der Waals surface area contributed by atoms with Gasteiger partial charge in [-0.1, -0.05) is 26.3 Å². The quantitative estimate of drug-likeness (QED) is 0.545. The van der Waals surface area contributed by atoms with Gasteiger partial charge in [0.2, 0.25) is 0 Å². The van der Waals surface area contributed by atoms with Gasteiger partial charge in [0.25, 0.3) is 0 Å². The van der Waals surface area contributed by atoms with Crippen LogP contribution in [-0.4, -0.2) is 23.8 Å². The molecule has 0 aromatic rings. The Morgan fingerprint density at radius 1 is 1.47 bits per heavy atom. The number of hydrogen-bond acceptors (Lipinski definition) is 3. The summed E-state index contributed by atoms with van der Waals surface area (Å²) >= 11 is 0. The van der Waals surface area contributed by atoms with E-state index in [1.807, 2.05) is 13.8 Å². The maximum absolute atomic E-state index is 11.5. The van der Waals surface area contributed by atoms with Crippen molar-refractivity contribution in [1.29, 1.82) is 0 Å². The number of aliphatic hydroxyl groups excluding tert-OH is 1. The first-order valence-corrected chi connectivity index (χ1v) is 5.51. The Kier molecular flexibility index (Phi) is 7.05. The number of carbonyl (C=O) groups excluding carboxylic acids is 1. The lowest BCUT2D eigenvalue weighted by Gasteiger charge is -2.12. The molecule has 0 saturated heterocycles. The molecule has 15 heavy (non-hydrogen) atoms. The molecule has 0 aliphatic heterocycles. The van der Waals surface area contributed by atoms with Crippen LogP contribution in [-0.2, 0) is 9.53 Å². The number of ether oxygens (including phenoxy) is 1. The lowest BCUT2D eigenvalue weighted by molar-refractivity contribution is -0.143. The topological polar surface area (TPSA) is 46.5 Å². The van der Waals surface area contributed by atoms with Crippen LogP contribution in [0.4, 0.5) is 0 Å². The number of carbonyl (C=O) groups is 1. The molecule has 88 valence electrons. The van der Waals surface area contributed by atoms with Crippen LogP contribution in [0, 0.1) is 5.92 Å². The van der Waals surface area contributed by atoms with Crippen LogP contribution >= 0.6 is 0 Å². The van der Waals surface area contributed by atoms with E-state index in [-0.39, 0.29) is 24.6 Å². The normalized spacial score (nSPS) is 15.9. The fourth-order valence-electron chi connectivity index (χ4n) is 1.29. The average Bonchev–Trinajstić information content (AvgIpc) is 2.17. The molecule has 0 spiro atoms. The lowest BCUT2D eigenvalue weighted by atomic mass is 10.1. The number of esters is 1. The largest absolute Gasteiger partial charge is 0.459 e. The summed E-state index contributed by atoms with van der Waals surface area (Å²) in [5.41, 5.74) is 0.569. The van der Waals surface area contributed by atoms with E-state index in [0.717, 1.165) is 12.8 Å². The Hall–Kier alpha value is -0.830. The second-order valence-electron chi connectivity index (χ2n) is 4.01. The van der Waals surface area contributed by atoms with Crippen molar-refractivity contribution in [2.75, 3.05) is 6.61 Å². The molecule has 0 fully saturated rings. The molecule has 0 aromatic heterocycles. The van der Waals surface area contributed by atoms with Gasteiger partial charge in [-0.25, -0.2) is 4.79 Å².